The van der Waals surface area contributed by atoms with E-state index in [1.807, 2.05) is 60.3 Å². The molecule has 0 saturated carbocycles. The third-order valence-electron chi connectivity index (χ3n) is 19.8. The maximum absolute atomic E-state index is 15.1. The lowest BCUT2D eigenvalue weighted by atomic mass is 9.70. The summed E-state index contributed by atoms with van der Waals surface area (Å²) in [5.74, 6) is 1.99. The summed E-state index contributed by atoms with van der Waals surface area (Å²) < 4.78 is 13.5. The van der Waals surface area contributed by atoms with Gasteiger partial charge in [-0.15, -0.1) is 0 Å². The molecule has 9 heteroatoms. The van der Waals surface area contributed by atoms with Crippen LogP contribution in [0.1, 0.15) is 320 Å². The van der Waals surface area contributed by atoms with Crippen LogP contribution in [0.3, 0.4) is 0 Å². The minimum absolute atomic E-state index is 0.0225. The highest BCUT2D eigenvalue weighted by Crippen LogP contribution is 2.49. The number of phenolic OH excluding ortho intramolecular Hbond substituents is 4. The SMILES string of the molecule is CCCCCCCCCCCCSC(C)CC(c1cc(C(C)(C)C)c(OC(=O)CC(C)(c2ccc(O)c(C(C)(C)C)c2)c2ccc(O)c(C(C)(C)C)c2)cc1C)c1cc(C(C)(C)C)c(OC(=O)CC(C)(c2ccc(O)c(C(C)(C)C)c2)c2ccc(O)c(C(C)(C)C)c2)cc1C. The Morgan fingerprint density at radius 3 is 0.937 bits per heavy atom. The number of benzene rings is 6. The zero-order valence-electron chi connectivity index (χ0n) is 63.1. The summed E-state index contributed by atoms with van der Waals surface area (Å²) in [6, 6.07) is 31.3. The minimum Gasteiger partial charge on any atom is -0.508 e. The largest absolute Gasteiger partial charge is 0.508 e. The Kier molecular flexibility index (Phi) is 25.1. The molecular weight excluding hydrogens is 1190 g/mol. The summed E-state index contributed by atoms with van der Waals surface area (Å²) in [4.78, 5) is 30.3. The third kappa shape index (κ3) is 19.8. The van der Waals surface area contributed by atoms with Gasteiger partial charge in [-0.1, -0.05) is 271 Å². The molecule has 0 aliphatic rings. The van der Waals surface area contributed by atoms with Crippen LogP contribution >= 0.6 is 11.8 Å². The number of aromatic hydroxyl groups is 4. The molecule has 95 heavy (non-hydrogen) atoms. The summed E-state index contributed by atoms with van der Waals surface area (Å²) in [7, 11) is 0. The van der Waals surface area contributed by atoms with Crippen molar-refractivity contribution in [2.24, 2.45) is 0 Å². The van der Waals surface area contributed by atoms with Gasteiger partial charge in [0.1, 0.15) is 34.5 Å². The van der Waals surface area contributed by atoms with Gasteiger partial charge in [-0.3, -0.25) is 9.59 Å². The number of carbonyl (C=O) groups is 2. The zero-order valence-corrected chi connectivity index (χ0v) is 63.9. The predicted octanol–water partition coefficient (Wildman–Crippen LogP) is 23.1. The van der Waals surface area contributed by atoms with Gasteiger partial charge in [0.05, 0.1) is 12.8 Å². The maximum Gasteiger partial charge on any atom is 0.312 e. The number of aryl methyl sites for hydroxylation is 2. The van der Waals surface area contributed by atoms with E-state index in [9.17, 15) is 20.4 Å². The van der Waals surface area contributed by atoms with E-state index in [1.54, 1.807) is 24.3 Å². The molecule has 6 aromatic carbocycles. The quantitative estimate of drug-likeness (QED) is 0.0238. The topological polar surface area (TPSA) is 134 Å². The van der Waals surface area contributed by atoms with Crippen LogP contribution in [-0.4, -0.2) is 43.4 Å². The Morgan fingerprint density at radius 2 is 0.663 bits per heavy atom. The van der Waals surface area contributed by atoms with Gasteiger partial charge in [-0.25, -0.2) is 0 Å². The second kappa shape index (κ2) is 30.7. The van der Waals surface area contributed by atoms with Crippen molar-refractivity contribution < 1.29 is 39.5 Å². The van der Waals surface area contributed by atoms with Crippen molar-refractivity contribution in [1.29, 1.82) is 0 Å². The number of ether oxygens (including phenoxy) is 2. The number of unbranched alkanes of at least 4 members (excludes halogenated alkanes) is 9. The van der Waals surface area contributed by atoms with Crippen molar-refractivity contribution in [1.82, 2.24) is 0 Å². The van der Waals surface area contributed by atoms with Crippen molar-refractivity contribution in [3.05, 3.63) is 175 Å². The van der Waals surface area contributed by atoms with E-state index >= 15 is 9.59 Å². The molecule has 1 atom stereocenters. The lowest BCUT2D eigenvalue weighted by Gasteiger charge is -2.34. The Bertz CT molecular complexity index is 3270. The summed E-state index contributed by atoms with van der Waals surface area (Å²) in [6.45, 7) is 50.9. The fourth-order valence-electron chi connectivity index (χ4n) is 13.7. The predicted molar refractivity (Wildman–Crippen MR) is 401 cm³/mol. The highest BCUT2D eigenvalue weighted by atomic mass is 32.2. The van der Waals surface area contributed by atoms with Crippen molar-refractivity contribution in [2.75, 3.05) is 5.75 Å². The van der Waals surface area contributed by atoms with E-state index in [-0.39, 0.29) is 68.7 Å². The number of rotatable bonds is 26. The molecular formula is C86H122O8S. The molecule has 0 radical (unpaired) electrons. The second-order valence-electron chi connectivity index (χ2n) is 34.5. The smallest absolute Gasteiger partial charge is 0.312 e. The van der Waals surface area contributed by atoms with Gasteiger partial charge >= 0.3 is 11.9 Å². The molecule has 0 amide bonds. The zero-order chi connectivity index (χ0) is 71.2. The molecule has 0 saturated heterocycles. The molecule has 4 N–H and O–H groups in total. The van der Waals surface area contributed by atoms with Crippen molar-refractivity contribution >= 4 is 23.7 Å². The molecule has 0 bridgehead atoms. The van der Waals surface area contributed by atoms with Gasteiger partial charge < -0.3 is 29.9 Å². The first-order valence-corrected chi connectivity index (χ1v) is 36.5. The number of hydrogen-bond donors (Lipinski definition) is 4. The standard InChI is InChI=1S/C86H122O8S/c1-25-26-27-28-29-30-31-32-33-34-43-95-57(4)46-64(62-51-69(83(17,18)19)75(44-55(62)2)93-77(91)53-85(23,58-35-39-71(87)65(47-58)79(5,6)7)59-36-40-72(88)66(48-59)80(8,9)10)63-52-70(84(20,21)22)76(45-56(63)3)94-78(92)54-86(24,60-37-41-73(89)67(49-60)81(11,12)13)61-38-42-74(90)68(50-61)82(14,15)16/h35-42,44-45,47-52,57,64,87-90H,25-34,43,46,53-54H2,1-24H3. The van der Waals surface area contributed by atoms with Crippen LogP contribution < -0.4 is 9.47 Å². The Labute approximate surface area is 579 Å². The molecule has 0 fully saturated rings. The van der Waals surface area contributed by atoms with Gasteiger partial charge in [-0.2, -0.15) is 11.8 Å². The van der Waals surface area contributed by atoms with Crippen LogP contribution in [0.5, 0.6) is 34.5 Å². The van der Waals surface area contributed by atoms with Crippen LogP contribution in [0.25, 0.3) is 0 Å². The average Bonchev–Trinajstić information content (AvgIpc) is 0.770. The summed E-state index contributed by atoms with van der Waals surface area (Å²) in [6.07, 6.45) is 13.7. The van der Waals surface area contributed by atoms with Gasteiger partial charge in [0.15, 0.2) is 0 Å². The number of esters is 2. The van der Waals surface area contributed by atoms with Gasteiger partial charge in [0.2, 0.25) is 0 Å². The monoisotopic (exact) mass is 1310 g/mol. The Morgan fingerprint density at radius 1 is 0.389 bits per heavy atom. The molecule has 1 unspecified atom stereocenters. The van der Waals surface area contributed by atoms with Gasteiger partial charge in [0.25, 0.3) is 0 Å². The van der Waals surface area contributed by atoms with Crippen molar-refractivity contribution in [3.63, 3.8) is 0 Å². The normalized spacial score (nSPS) is 13.4. The fourth-order valence-corrected chi connectivity index (χ4v) is 14.8. The van der Waals surface area contributed by atoms with Crippen LogP contribution in [0, 0.1) is 13.8 Å². The second-order valence-corrected chi connectivity index (χ2v) is 36.0. The van der Waals surface area contributed by atoms with E-state index in [1.165, 1.54) is 64.2 Å². The van der Waals surface area contributed by atoms with Crippen LogP contribution in [-0.2, 0) is 52.9 Å². The highest BCUT2D eigenvalue weighted by Gasteiger charge is 2.40. The van der Waals surface area contributed by atoms with E-state index < -0.39 is 33.6 Å². The molecule has 0 aliphatic carbocycles. The molecule has 520 valence electrons. The van der Waals surface area contributed by atoms with Crippen LogP contribution in [0.15, 0.2) is 97.1 Å². The molecule has 0 spiro atoms. The third-order valence-corrected chi connectivity index (χ3v) is 21.1. The molecule has 0 heterocycles. The van der Waals surface area contributed by atoms with E-state index in [0.29, 0.717) is 11.5 Å². The van der Waals surface area contributed by atoms with E-state index in [4.69, 9.17) is 9.47 Å². The summed E-state index contributed by atoms with van der Waals surface area (Å²) in [5, 5.41) is 45.1. The summed E-state index contributed by atoms with van der Waals surface area (Å²) >= 11 is 2.05. The fraction of sp³-hybridized carbons (Fsp3) is 0.558. The minimum atomic E-state index is -0.934. The van der Waals surface area contributed by atoms with Gasteiger partial charge in [0, 0.05) is 33.1 Å². The average molecular weight is 1320 g/mol. The van der Waals surface area contributed by atoms with Crippen molar-refractivity contribution in [3.8, 4) is 34.5 Å². The summed E-state index contributed by atoms with van der Waals surface area (Å²) in [5.41, 5.74) is 8.29. The molecule has 8 nitrogen and oxygen atoms in total. The Balaban J connectivity index is 1.45. The molecule has 6 rings (SSSR count). The van der Waals surface area contributed by atoms with Crippen LogP contribution in [0.4, 0.5) is 0 Å². The van der Waals surface area contributed by atoms with Gasteiger partial charge in [-0.05, 0) is 168 Å². The lowest BCUT2D eigenvalue weighted by Crippen LogP contribution is -2.31. The number of carbonyl (C=O) groups excluding carboxylic acids is 2. The maximum atomic E-state index is 15.1. The van der Waals surface area contributed by atoms with E-state index in [0.717, 1.165) is 90.1 Å². The number of thioether (sulfide) groups is 1. The molecule has 6 aromatic rings. The highest BCUT2D eigenvalue weighted by molar-refractivity contribution is 7.99. The Hall–Kier alpha value is -6.19. The number of phenols is 4. The molecule has 0 aromatic heterocycles. The lowest BCUT2D eigenvalue weighted by molar-refractivity contribution is -0.136. The van der Waals surface area contributed by atoms with E-state index in [2.05, 4.69) is 190 Å². The first-order valence-electron chi connectivity index (χ1n) is 35.5. The molecule has 0 aliphatic heterocycles. The van der Waals surface area contributed by atoms with Crippen molar-refractivity contribution in [2.45, 2.75) is 304 Å². The van der Waals surface area contributed by atoms with Crippen LogP contribution in [0.2, 0.25) is 0 Å². The first kappa shape index (κ1) is 77.8. The first-order chi connectivity index (χ1) is 43.8. The number of hydrogen-bond acceptors (Lipinski definition) is 9.